The maximum Gasteiger partial charge on any atom is 0.332 e. The first kappa shape index (κ1) is 17.7. The minimum atomic E-state index is -3.77. The van der Waals surface area contributed by atoms with E-state index in [4.69, 9.17) is 0 Å². The average molecular weight is 406 g/mol. The van der Waals surface area contributed by atoms with Crippen LogP contribution in [0.25, 0.3) is 16.9 Å². The molecule has 0 saturated heterocycles. The van der Waals surface area contributed by atoms with Crippen LogP contribution in [0.2, 0.25) is 0 Å². The Kier molecular flexibility index (Phi) is 4.02. The number of hydrogen-bond donors (Lipinski definition) is 1. The number of nitrogens with zero attached hydrogens (tertiary/aromatic N) is 3. The number of hydrogen-bond acceptors (Lipinski definition) is 4. The minimum absolute atomic E-state index is 0.142. The summed E-state index contributed by atoms with van der Waals surface area (Å²) in [6.45, 7) is 0.429. The number of para-hydroxylation sites is 1. The molecule has 0 saturated carbocycles. The summed E-state index contributed by atoms with van der Waals surface area (Å²) < 4.78 is 29.7. The molecule has 0 aliphatic carbocycles. The van der Waals surface area contributed by atoms with Crippen molar-refractivity contribution in [2.75, 3.05) is 10.8 Å². The lowest BCUT2D eigenvalue weighted by Gasteiger charge is -2.30. The number of anilines is 1. The Balaban J connectivity index is 1.64. The molecule has 29 heavy (non-hydrogen) atoms. The lowest BCUT2D eigenvalue weighted by atomic mass is 10.0. The smallest absolute Gasteiger partial charge is 0.304 e. The number of fused-ring (bicyclic) bond motifs is 2. The van der Waals surface area contributed by atoms with Crippen LogP contribution in [0.1, 0.15) is 12.0 Å². The van der Waals surface area contributed by atoms with Crippen molar-refractivity contribution in [3.05, 3.63) is 82.9 Å². The SMILES string of the molecule is O=c1[nH]c2cccnc2n1-c1cccc(S(=O)(=O)N2CCCc3ccccc32)c1. The second kappa shape index (κ2) is 6.59. The normalized spacial score (nSPS) is 14.1. The summed E-state index contributed by atoms with van der Waals surface area (Å²) >= 11 is 0. The second-order valence-electron chi connectivity index (χ2n) is 6.95. The fourth-order valence-corrected chi connectivity index (χ4v) is 5.42. The van der Waals surface area contributed by atoms with Gasteiger partial charge in [0.05, 0.1) is 21.8 Å². The molecular formula is C21H18N4O3S. The van der Waals surface area contributed by atoms with E-state index in [1.165, 1.54) is 14.9 Å². The van der Waals surface area contributed by atoms with Crippen LogP contribution in [-0.2, 0) is 16.4 Å². The van der Waals surface area contributed by atoms with Gasteiger partial charge in [-0.05, 0) is 54.8 Å². The lowest BCUT2D eigenvalue weighted by Crippen LogP contribution is -2.35. The number of aryl methyl sites for hydroxylation is 1. The Labute approximate surface area is 167 Å². The molecule has 1 aliphatic rings. The highest BCUT2D eigenvalue weighted by atomic mass is 32.2. The van der Waals surface area contributed by atoms with Crippen molar-refractivity contribution in [2.24, 2.45) is 0 Å². The van der Waals surface area contributed by atoms with Crippen molar-refractivity contribution in [2.45, 2.75) is 17.7 Å². The summed E-state index contributed by atoms with van der Waals surface area (Å²) in [6, 6.07) is 17.5. The molecule has 8 heteroatoms. The number of H-pyrrole nitrogens is 1. The second-order valence-corrected chi connectivity index (χ2v) is 8.81. The zero-order valence-corrected chi connectivity index (χ0v) is 16.3. The van der Waals surface area contributed by atoms with Gasteiger partial charge in [-0.2, -0.15) is 0 Å². The number of pyridine rings is 1. The third-order valence-electron chi connectivity index (χ3n) is 5.17. The zero-order chi connectivity index (χ0) is 20.0. The van der Waals surface area contributed by atoms with Crippen molar-refractivity contribution < 1.29 is 8.42 Å². The van der Waals surface area contributed by atoms with Gasteiger partial charge in [-0.3, -0.25) is 4.31 Å². The van der Waals surface area contributed by atoms with E-state index in [1.807, 2.05) is 24.3 Å². The highest BCUT2D eigenvalue weighted by Crippen LogP contribution is 2.32. The molecule has 0 unspecified atom stereocenters. The molecule has 2 aromatic carbocycles. The lowest BCUT2D eigenvalue weighted by molar-refractivity contribution is 0.586. The van der Waals surface area contributed by atoms with Crippen LogP contribution in [0, 0.1) is 0 Å². The summed E-state index contributed by atoms with van der Waals surface area (Å²) in [5.41, 5.74) is 2.87. The Morgan fingerprint density at radius 2 is 1.86 bits per heavy atom. The van der Waals surface area contributed by atoms with Gasteiger partial charge < -0.3 is 4.98 Å². The molecule has 4 aromatic rings. The molecule has 3 heterocycles. The van der Waals surface area contributed by atoms with E-state index in [0.717, 1.165) is 24.1 Å². The third-order valence-corrected chi connectivity index (χ3v) is 6.98. The van der Waals surface area contributed by atoms with Crippen LogP contribution >= 0.6 is 0 Å². The van der Waals surface area contributed by atoms with Gasteiger partial charge in [-0.25, -0.2) is 22.8 Å². The van der Waals surface area contributed by atoms with Crippen molar-refractivity contribution in [3.8, 4) is 5.69 Å². The predicted molar refractivity (Wildman–Crippen MR) is 111 cm³/mol. The summed E-state index contributed by atoms with van der Waals surface area (Å²) in [5.74, 6) is 0. The molecule has 1 aliphatic heterocycles. The first-order chi connectivity index (χ1) is 14.1. The van der Waals surface area contributed by atoms with Crippen LogP contribution in [0.5, 0.6) is 0 Å². The Morgan fingerprint density at radius 1 is 1.00 bits per heavy atom. The molecule has 0 fully saturated rings. The minimum Gasteiger partial charge on any atom is -0.304 e. The topological polar surface area (TPSA) is 88.1 Å². The molecule has 7 nitrogen and oxygen atoms in total. The largest absolute Gasteiger partial charge is 0.332 e. The van der Waals surface area contributed by atoms with Crippen LogP contribution < -0.4 is 9.99 Å². The molecule has 5 rings (SSSR count). The number of rotatable bonds is 3. The average Bonchev–Trinajstić information content (AvgIpc) is 3.09. The van der Waals surface area contributed by atoms with E-state index >= 15 is 0 Å². The van der Waals surface area contributed by atoms with Gasteiger partial charge in [0.1, 0.15) is 0 Å². The summed E-state index contributed by atoms with van der Waals surface area (Å²) in [6.07, 6.45) is 3.22. The highest BCUT2D eigenvalue weighted by Gasteiger charge is 2.29. The fourth-order valence-electron chi connectivity index (χ4n) is 3.84. The Morgan fingerprint density at radius 3 is 2.76 bits per heavy atom. The molecule has 0 spiro atoms. The Bertz CT molecular complexity index is 1390. The maximum absolute atomic E-state index is 13.4. The maximum atomic E-state index is 13.4. The van der Waals surface area contributed by atoms with Crippen molar-refractivity contribution >= 4 is 26.9 Å². The molecule has 0 bridgehead atoms. The molecule has 2 aromatic heterocycles. The van der Waals surface area contributed by atoms with E-state index in [9.17, 15) is 13.2 Å². The first-order valence-electron chi connectivity index (χ1n) is 9.32. The Hall–Kier alpha value is -3.39. The van der Waals surface area contributed by atoms with E-state index in [0.29, 0.717) is 23.4 Å². The fraction of sp³-hybridized carbons (Fsp3) is 0.143. The van der Waals surface area contributed by atoms with Crippen LogP contribution in [0.4, 0.5) is 5.69 Å². The molecule has 0 amide bonds. The number of aromatic nitrogens is 3. The van der Waals surface area contributed by atoms with E-state index in [1.54, 1.807) is 36.5 Å². The molecule has 146 valence electrons. The summed E-state index contributed by atoms with van der Waals surface area (Å²) in [5, 5.41) is 0. The van der Waals surface area contributed by atoms with Gasteiger partial charge >= 0.3 is 5.69 Å². The van der Waals surface area contributed by atoms with Gasteiger partial charge in [0.25, 0.3) is 10.0 Å². The van der Waals surface area contributed by atoms with Gasteiger partial charge in [0, 0.05) is 12.7 Å². The van der Waals surface area contributed by atoms with Crippen molar-refractivity contribution in [3.63, 3.8) is 0 Å². The number of aromatic amines is 1. The first-order valence-corrected chi connectivity index (χ1v) is 10.8. The van der Waals surface area contributed by atoms with Gasteiger partial charge in [0.15, 0.2) is 5.65 Å². The van der Waals surface area contributed by atoms with E-state index < -0.39 is 10.0 Å². The van der Waals surface area contributed by atoms with Crippen LogP contribution in [0.15, 0.2) is 76.6 Å². The van der Waals surface area contributed by atoms with Gasteiger partial charge in [0.2, 0.25) is 0 Å². The van der Waals surface area contributed by atoms with E-state index in [-0.39, 0.29) is 10.6 Å². The predicted octanol–water partition coefficient (Wildman–Crippen LogP) is 2.86. The number of nitrogens with one attached hydrogen (secondary N) is 1. The number of sulfonamides is 1. The van der Waals surface area contributed by atoms with Crippen molar-refractivity contribution in [1.82, 2.24) is 14.5 Å². The third kappa shape index (κ3) is 2.84. The molecule has 0 atom stereocenters. The van der Waals surface area contributed by atoms with Gasteiger partial charge in [-0.15, -0.1) is 0 Å². The van der Waals surface area contributed by atoms with Crippen LogP contribution in [0.3, 0.4) is 0 Å². The number of imidazole rings is 1. The zero-order valence-electron chi connectivity index (χ0n) is 15.4. The standard InChI is InChI=1S/C21H18N4O3S/c26-21-23-18-10-4-12-22-20(18)25(21)16-8-3-9-17(14-16)29(27,28)24-13-5-7-15-6-1-2-11-19(15)24/h1-4,6,8-12,14H,5,7,13H2,(H,23,26). The highest BCUT2D eigenvalue weighted by molar-refractivity contribution is 7.92. The van der Waals surface area contributed by atoms with E-state index in [2.05, 4.69) is 9.97 Å². The monoisotopic (exact) mass is 406 g/mol. The molecular weight excluding hydrogens is 388 g/mol. The molecule has 0 radical (unpaired) electrons. The quantitative estimate of drug-likeness (QED) is 0.567. The number of benzene rings is 2. The van der Waals surface area contributed by atoms with Crippen LogP contribution in [-0.4, -0.2) is 29.5 Å². The van der Waals surface area contributed by atoms with Crippen molar-refractivity contribution in [1.29, 1.82) is 0 Å². The van der Waals surface area contributed by atoms with Gasteiger partial charge in [-0.1, -0.05) is 24.3 Å². The summed E-state index contributed by atoms with van der Waals surface area (Å²) in [7, 11) is -3.77. The molecule has 1 N–H and O–H groups in total. The summed E-state index contributed by atoms with van der Waals surface area (Å²) in [4.78, 5) is 19.6.